The lowest BCUT2D eigenvalue weighted by Gasteiger charge is -1.96. The average Bonchev–Trinajstić information content (AvgIpc) is 3.35. The normalized spacial score (nSPS) is 10.9. The Bertz CT molecular complexity index is 668. The van der Waals surface area contributed by atoms with Gasteiger partial charge in [-0.15, -0.1) is 0 Å². The quantitative estimate of drug-likeness (QED) is 0.724. The van der Waals surface area contributed by atoms with E-state index in [4.69, 9.17) is 5.11 Å². The molecule has 0 unspecified atom stereocenters. The topological polar surface area (TPSA) is 33.4 Å². The second-order valence-electron chi connectivity index (χ2n) is 5.41. The largest absolute Gasteiger partial charge is 0.473 e. The fraction of sp³-hybridized carbons (Fsp3) is 0.182. The van der Waals surface area contributed by atoms with Crippen molar-refractivity contribution in [3.05, 3.63) is 102 Å². The van der Waals surface area contributed by atoms with Crippen LogP contribution >= 0.6 is 0 Å². The molecule has 0 bridgehead atoms. The van der Waals surface area contributed by atoms with E-state index in [-0.39, 0.29) is 6.61 Å². The Morgan fingerprint density at radius 2 is 1.54 bits per heavy atom. The average molecular weight is 320 g/mol. The molecule has 0 fully saturated rings. The summed E-state index contributed by atoms with van der Waals surface area (Å²) in [5.74, 6) is 0. The van der Waals surface area contributed by atoms with E-state index in [0.717, 1.165) is 19.3 Å². The van der Waals surface area contributed by atoms with Crippen molar-refractivity contribution in [2.75, 3.05) is 6.61 Å². The van der Waals surface area contributed by atoms with Crippen molar-refractivity contribution in [3.8, 4) is 0 Å². The van der Waals surface area contributed by atoms with Gasteiger partial charge in [0.15, 0.2) is 0 Å². The van der Waals surface area contributed by atoms with Gasteiger partial charge in [-0.2, -0.15) is 0 Å². The molecule has 0 saturated carbocycles. The van der Waals surface area contributed by atoms with E-state index in [1.54, 1.807) is 12.5 Å². The molecule has 1 aliphatic carbocycles. The zero-order valence-electron chi connectivity index (χ0n) is 13.8. The van der Waals surface area contributed by atoms with Crippen LogP contribution in [-0.2, 0) is 12.8 Å². The first-order chi connectivity index (χ1) is 11.9. The maximum absolute atomic E-state index is 8.53. The third kappa shape index (κ3) is 6.67. The molecule has 2 heteroatoms. The highest BCUT2D eigenvalue weighted by molar-refractivity contribution is 5.59. The molecule has 1 aromatic heterocycles. The van der Waals surface area contributed by atoms with Gasteiger partial charge in [0.05, 0.1) is 12.5 Å². The molecular weight excluding hydrogens is 296 g/mol. The monoisotopic (exact) mass is 320 g/mol. The fourth-order valence-corrected chi connectivity index (χ4v) is 2.35. The molecule has 0 spiro atoms. The van der Waals surface area contributed by atoms with Gasteiger partial charge in [-0.05, 0) is 48.1 Å². The van der Waals surface area contributed by atoms with E-state index in [1.165, 1.54) is 16.7 Å². The standard InChI is InChI=1S/C9H12O.C9H8.C4H4O/c10-8-4-7-9-5-2-1-3-6-9;1-2-5-9-7-3-6-8(9)4-1;1-2-4-5-3-1/h1-3,5-6,10H,4,7-8H2;1-6H,7H2;1-4H. The number of rotatable bonds is 3. The molecule has 0 radical (unpaired) electrons. The van der Waals surface area contributed by atoms with Gasteiger partial charge < -0.3 is 9.52 Å². The molecule has 0 aliphatic heterocycles. The number of allylic oxidation sites excluding steroid dienone is 1. The predicted octanol–water partition coefficient (Wildman–Crippen LogP) is 5.15. The molecule has 4 rings (SSSR count). The van der Waals surface area contributed by atoms with Crippen molar-refractivity contribution < 1.29 is 9.52 Å². The van der Waals surface area contributed by atoms with Crippen LogP contribution in [0.3, 0.4) is 0 Å². The molecule has 1 N–H and O–H groups in total. The minimum absolute atomic E-state index is 0.287. The first-order valence-electron chi connectivity index (χ1n) is 8.26. The van der Waals surface area contributed by atoms with E-state index < -0.39 is 0 Å². The van der Waals surface area contributed by atoms with Crippen molar-refractivity contribution in [2.45, 2.75) is 19.3 Å². The van der Waals surface area contributed by atoms with E-state index in [0.29, 0.717) is 0 Å². The Labute approximate surface area is 144 Å². The molecular formula is C22H24O2. The van der Waals surface area contributed by atoms with E-state index in [2.05, 4.69) is 53.0 Å². The smallest absolute Gasteiger partial charge is 0.0902 e. The number of furan rings is 1. The summed E-state index contributed by atoms with van der Waals surface area (Å²) in [4.78, 5) is 0. The van der Waals surface area contributed by atoms with Crippen LogP contribution in [0.15, 0.2) is 89.7 Å². The van der Waals surface area contributed by atoms with Crippen LogP contribution in [0.5, 0.6) is 0 Å². The first-order valence-corrected chi connectivity index (χ1v) is 8.26. The molecule has 0 amide bonds. The lowest BCUT2D eigenvalue weighted by atomic mass is 10.1. The van der Waals surface area contributed by atoms with Crippen molar-refractivity contribution in [2.24, 2.45) is 0 Å². The highest BCUT2D eigenvalue weighted by atomic mass is 16.3. The Morgan fingerprint density at radius 1 is 0.833 bits per heavy atom. The van der Waals surface area contributed by atoms with Crippen LogP contribution in [0.1, 0.15) is 23.1 Å². The minimum Gasteiger partial charge on any atom is -0.473 e. The van der Waals surface area contributed by atoms with Gasteiger partial charge in [-0.3, -0.25) is 0 Å². The van der Waals surface area contributed by atoms with Crippen LogP contribution in [0.25, 0.3) is 6.08 Å². The minimum atomic E-state index is 0.287. The molecule has 2 nitrogen and oxygen atoms in total. The number of hydrogen-bond donors (Lipinski definition) is 1. The molecule has 24 heavy (non-hydrogen) atoms. The molecule has 124 valence electrons. The summed E-state index contributed by atoms with van der Waals surface area (Å²) in [5, 5.41) is 8.53. The first kappa shape index (κ1) is 17.8. The van der Waals surface area contributed by atoms with E-state index >= 15 is 0 Å². The molecule has 0 atom stereocenters. The summed E-state index contributed by atoms with van der Waals surface area (Å²) in [6.07, 6.45) is 10.6. The van der Waals surface area contributed by atoms with Crippen molar-refractivity contribution in [1.29, 1.82) is 0 Å². The fourth-order valence-electron chi connectivity index (χ4n) is 2.35. The zero-order chi connectivity index (χ0) is 16.9. The summed E-state index contributed by atoms with van der Waals surface area (Å²) in [5.41, 5.74) is 4.14. The van der Waals surface area contributed by atoms with Gasteiger partial charge >= 0.3 is 0 Å². The number of hydrogen-bond acceptors (Lipinski definition) is 2. The third-order valence-corrected chi connectivity index (χ3v) is 3.58. The predicted molar refractivity (Wildman–Crippen MR) is 99.7 cm³/mol. The number of aliphatic hydroxyl groups is 1. The van der Waals surface area contributed by atoms with Crippen molar-refractivity contribution in [3.63, 3.8) is 0 Å². The lowest BCUT2D eigenvalue weighted by Crippen LogP contribution is -1.87. The Morgan fingerprint density at radius 3 is 2.17 bits per heavy atom. The Hall–Kier alpha value is -2.58. The van der Waals surface area contributed by atoms with Gasteiger partial charge in [0, 0.05) is 6.61 Å². The van der Waals surface area contributed by atoms with Gasteiger partial charge in [0.2, 0.25) is 0 Å². The van der Waals surface area contributed by atoms with Crippen molar-refractivity contribution >= 4 is 6.08 Å². The maximum Gasteiger partial charge on any atom is 0.0902 e. The summed E-state index contributed by atoms with van der Waals surface area (Å²) in [6.45, 7) is 0.287. The highest BCUT2D eigenvalue weighted by Crippen LogP contribution is 2.17. The second-order valence-corrected chi connectivity index (χ2v) is 5.41. The van der Waals surface area contributed by atoms with Crippen LogP contribution in [-0.4, -0.2) is 11.7 Å². The molecule has 0 saturated heterocycles. The summed E-state index contributed by atoms with van der Waals surface area (Å²) in [7, 11) is 0. The molecule has 3 aromatic rings. The molecule has 1 aliphatic rings. The van der Waals surface area contributed by atoms with Gasteiger partial charge in [0.1, 0.15) is 0 Å². The SMILES string of the molecule is C1=Cc2ccccc2C1.OCCCc1ccccc1.c1ccoc1. The molecule has 1 heterocycles. The van der Waals surface area contributed by atoms with Gasteiger partial charge in [-0.25, -0.2) is 0 Å². The summed E-state index contributed by atoms with van der Waals surface area (Å²) in [6, 6.07) is 22.4. The van der Waals surface area contributed by atoms with Crippen molar-refractivity contribution in [1.82, 2.24) is 0 Å². The van der Waals surface area contributed by atoms with Crippen LogP contribution < -0.4 is 0 Å². The third-order valence-electron chi connectivity index (χ3n) is 3.58. The number of fused-ring (bicyclic) bond motifs is 1. The molecule has 2 aromatic carbocycles. The Kier molecular flexibility index (Phi) is 8.17. The van der Waals surface area contributed by atoms with Gasteiger partial charge in [0.25, 0.3) is 0 Å². The lowest BCUT2D eigenvalue weighted by molar-refractivity contribution is 0.288. The van der Waals surface area contributed by atoms with E-state index in [9.17, 15) is 0 Å². The van der Waals surface area contributed by atoms with Gasteiger partial charge in [-0.1, -0.05) is 66.7 Å². The highest BCUT2D eigenvalue weighted by Gasteiger charge is 2.00. The second kappa shape index (κ2) is 11.0. The number of aliphatic hydroxyl groups excluding tert-OH is 1. The summed E-state index contributed by atoms with van der Waals surface area (Å²) >= 11 is 0. The van der Waals surface area contributed by atoms with Crippen LogP contribution in [0, 0.1) is 0 Å². The zero-order valence-corrected chi connectivity index (χ0v) is 13.8. The van der Waals surface area contributed by atoms with Crippen LogP contribution in [0.2, 0.25) is 0 Å². The van der Waals surface area contributed by atoms with Crippen LogP contribution in [0.4, 0.5) is 0 Å². The number of aryl methyl sites for hydroxylation is 1. The summed E-state index contributed by atoms with van der Waals surface area (Å²) < 4.78 is 4.58. The maximum atomic E-state index is 8.53. The number of benzene rings is 2. The van der Waals surface area contributed by atoms with E-state index in [1.807, 2.05) is 30.3 Å². The Balaban J connectivity index is 0.000000137.